The molecule has 2 N–H and O–H groups in total. The molecule has 0 saturated carbocycles. The van der Waals surface area contributed by atoms with Gasteiger partial charge < -0.3 is 10.2 Å². The Kier molecular flexibility index (Phi) is 5.66. The van der Waals surface area contributed by atoms with Crippen LogP contribution in [0, 0.1) is 10.8 Å². The van der Waals surface area contributed by atoms with Crippen molar-refractivity contribution in [3.05, 3.63) is 0 Å². The monoisotopic (exact) mass is 244 g/mol. The van der Waals surface area contributed by atoms with Gasteiger partial charge in [0.25, 0.3) is 0 Å². The second-order valence-electron chi connectivity index (χ2n) is 4.93. The van der Waals surface area contributed by atoms with E-state index in [9.17, 15) is 19.8 Å². The van der Waals surface area contributed by atoms with Gasteiger partial charge in [0.2, 0.25) is 0 Å². The highest BCUT2D eigenvalue weighted by Gasteiger charge is 2.57. The molecule has 4 heteroatoms. The Labute approximate surface area is 103 Å². The molecule has 0 rings (SSSR count). The lowest BCUT2D eigenvalue weighted by Gasteiger charge is -2.42. The number of aliphatic carboxylic acids is 2. The van der Waals surface area contributed by atoms with Gasteiger partial charge >= 0.3 is 11.9 Å². The summed E-state index contributed by atoms with van der Waals surface area (Å²) in [5.41, 5.74) is -2.36. The Hall–Kier alpha value is -1.06. The molecule has 0 fully saturated rings. The molecule has 0 aliphatic rings. The van der Waals surface area contributed by atoms with Gasteiger partial charge in [-0.1, -0.05) is 40.5 Å². The predicted octanol–water partition coefficient (Wildman–Crippen LogP) is 3.16. The molecule has 0 aliphatic carbocycles. The first-order valence-electron chi connectivity index (χ1n) is 6.29. The van der Waals surface area contributed by atoms with E-state index >= 15 is 0 Å². The molecule has 1 atom stereocenters. The number of carboxylic acid groups (broad SMARTS) is 2. The third kappa shape index (κ3) is 2.61. The molecular weight excluding hydrogens is 220 g/mol. The molecule has 0 saturated heterocycles. The zero-order chi connectivity index (χ0) is 13.7. The largest absolute Gasteiger partial charge is 0.480 e. The molecule has 0 aliphatic heterocycles. The summed E-state index contributed by atoms with van der Waals surface area (Å²) in [7, 11) is 0. The van der Waals surface area contributed by atoms with Crippen molar-refractivity contribution in [2.75, 3.05) is 0 Å². The average Bonchev–Trinajstić information content (AvgIpc) is 2.24. The normalized spacial score (nSPS) is 15.3. The first-order valence-corrected chi connectivity index (χ1v) is 6.29. The number of rotatable bonds is 8. The number of hydrogen-bond acceptors (Lipinski definition) is 2. The molecule has 4 nitrogen and oxygen atoms in total. The highest BCUT2D eigenvalue weighted by Crippen LogP contribution is 2.49. The smallest absolute Gasteiger partial charge is 0.321 e. The number of hydrogen-bond donors (Lipinski definition) is 2. The van der Waals surface area contributed by atoms with E-state index < -0.39 is 22.8 Å². The number of carboxylic acids is 2. The summed E-state index contributed by atoms with van der Waals surface area (Å²) in [5, 5.41) is 18.9. The Morgan fingerprint density at radius 1 is 0.941 bits per heavy atom. The minimum atomic E-state index is -1.66. The molecule has 0 heterocycles. The van der Waals surface area contributed by atoms with Gasteiger partial charge in [0.1, 0.15) is 0 Å². The Morgan fingerprint density at radius 2 is 1.35 bits per heavy atom. The van der Waals surface area contributed by atoms with Gasteiger partial charge in [0.05, 0.1) is 0 Å². The predicted molar refractivity (Wildman–Crippen MR) is 65.9 cm³/mol. The van der Waals surface area contributed by atoms with E-state index in [-0.39, 0.29) is 6.42 Å². The van der Waals surface area contributed by atoms with Gasteiger partial charge in [-0.25, -0.2) is 0 Å². The molecule has 17 heavy (non-hydrogen) atoms. The van der Waals surface area contributed by atoms with Crippen LogP contribution in [0.1, 0.15) is 59.8 Å². The molecule has 0 aromatic carbocycles. The molecular formula is C13H24O4. The fourth-order valence-electron chi connectivity index (χ4n) is 2.74. The SMILES string of the molecule is CCCC(C)(CC)C(CCC)(C(=O)O)C(=O)O. The summed E-state index contributed by atoms with van der Waals surface area (Å²) >= 11 is 0. The lowest BCUT2D eigenvalue weighted by molar-refractivity contribution is -0.177. The van der Waals surface area contributed by atoms with E-state index in [0.29, 0.717) is 19.3 Å². The van der Waals surface area contributed by atoms with Crippen LogP contribution in [0.3, 0.4) is 0 Å². The van der Waals surface area contributed by atoms with E-state index in [2.05, 4.69) is 0 Å². The van der Waals surface area contributed by atoms with Crippen molar-refractivity contribution in [2.45, 2.75) is 59.8 Å². The first-order chi connectivity index (χ1) is 7.82. The Morgan fingerprint density at radius 3 is 1.59 bits per heavy atom. The van der Waals surface area contributed by atoms with Crippen molar-refractivity contribution in [2.24, 2.45) is 10.8 Å². The van der Waals surface area contributed by atoms with Gasteiger partial charge in [0.15, 0.2) is 5.41 Å². The van der Waals surface area contributed by atoms with E-state index in [1.54, 1.807) is 6.92 Å². The third-order valence-corrected chi connectivity index (χ3v) is 3.97. The maximum atomic E-state index is 11.6. The summed E-state index contributed by atoms with van der Waals surface area (Å²) in [4.78, 5) is 23.1. The molecule has 0 amide bonds. The maximum Gasteiger partial charge on any atom is 0.321 e. The molecule has 0 spiro atoms. The summed E-state index contributed by atoms with van der Waals surface area (Å²) in [6, 6.07) is 0. The van der Waals surface area contributed by atoms with Crippen molar-refractivity contribution in [3.63, 3.8) is 0 Å². The zero-order valence-corrected chi connectivity index (χ0v) is 11.2. The fourth-order valence-corrected chi connectivity index (χ4v) is 2.74. The van der Waals surface area contributed by atoms with Gasteiger partial charge in [0, 0.05) is 0 Å². The third-order valence-electron chi connectivity index (χ3n) is 3.97. The van der Waals surface area contributed by atoms with E-state index in [4.69, 9.17) is 0 Å². The van der Waals surface area contributed by atoms with Crippen molar-refractivity contribution < 1.29 is 19.8 Å². The maximum absolute atomic E-state index is 11.6. The topological polar surface area (TPSA) is 74.6 Å². The lowest BCUT2D eigenvalue weighted by Crippen LogP contribution is -2.51. The second-order valence-corrected chi connectivity index (χ2v) is 4.93. The van der Waals surface area contributed by atoms with E-state index in [1.165, 1.54) is 0 Å². The molecule has 0 aromatic heterocycles. The highest BCUT2D eigenvalue weighted by atomic mass is 16.4. The summed E-state index contributed by atoms with van der Waals surface area (Å²) in [6.45, 7) is 7.43. The standard InChI is InChI=1S/C13H24O4/c1-5-8-12(4,7-3)13(9-6-2,10(14)15)11(16)17/h5-9H2,1-4H3,(H,14,15)(H,16,17). The average molecular weight is 244 g/mol. The minimum Gasteiger partial charge on any atom is -0.480 e. The fraction of sp³-hybridized carbons (Fsp3) is 0.846. The van der Waals surface area contributed by atoms with Crippen LogP contribution in [-0.4, -0.2) is 22.2 Å². The van der Waals surface area contributed by atoms with Crippen LogP contribution in [0.4, 0.5) is 0 Å². The lowest BCUT2D eigenvalue weighted by atomic mass is 9.58. The van der Waals surface area contributed by atoms with Crippen LogP contribution in [-0.2, 0) is 9.59 Å². The van der Waals surface area contributed by atoms with Crippen LogP contribution in [0.2, 0.25) is 0 Å². The van der Waals surface area contributed by atoms with Gasteiger partial charge in [-0.15, -0.1) is 0 Å². The van der Waals surface area contributed by atoms with Crippen molar-refractivity contribution in [1.29, 1.82) is 0 Å². The number of carbonyl (C=O) groups is 2. The highest BCUT2D eigenvalue weighted by molar-refractivity contribution is 5.99. The van der Waals surface area contributed by atoms with E-state index in [0.717, 1.165) is 6.42 Å². The molecule has 0 radical (unpaired) electrons. The van der Waals surface area contributed by atoms with Gasteiger partial charge in [-0.3, -0.25) is 9.59 Å². The zero-order valence-electron chi connectivity index (χ0n) is 11.2. The summed E-state index contributed by atoms with van der Waals surface area (Å²) in [5.74, 6) is -2.41. The van der Waals surface area contributed by atoms with Crippen LogP contribution in [0.15, 0.2) is 0 Å². The van der Waals surface area contributed by atoms with Crippen molar-refractivity contribution in [1.82, 2.24) is 0 Å². The molecule has 100 valence electrons. The second kappa shape index (κ2) is 6.03. The van der Waals surface area contributed by atoms with Gasteiger partial charge in [-0.2, -0.15) is 0 Å². The van der Waals surface area contributed by atoms with Crippen LogP contribution < -0.4 is 0 Å². The van der Waals surface area contributed by atoms with Gasteiger partial charge in [-0.05, 0) is 24.7 Å². The minimum absolute atomic E-state index is 0.183. The molecule has 0 aromatic rings. The molecule has 0 bridgehead atoms. The quantitative estimate of drug-likeness (QED) is 0.643. The summed E-state index contributed by atoms with van der Waals surface area (Å²) < 4.78 is 0. The van der Waals surface area contributed by atoms with Crippen molar-refractivity contribution in [3.8, 4) is 0 Å². The summed E-state index contributed by atoms with van der Waals surface area (Å²) in [6.07, 6.45) is 2.69. The van der Waals surface area contributed by atoms with Crippen LogP contribution in [0.5, 0.6) is 0 Å². The Balaban J connectivity index is 5.69. The van der Waals surface area contributed by atoms with Crippen LogP contribution in [0.25, 0.3) is 0 Å². The van der Waals surface area contributed by atoms with Crippen LogP contribution >= 0.6 is 0 Å². The van der Waals surface area contributed by atoms with E-state index in [1.807, 2.05) is 20.8 Å². The molecule has 1 unspecified atom stereocenters. The Bertz CT molecular complexity index is 271. The van der Waals surface area contributed by atoms with Crippen molar-refractivity contribution >= 4 is 11.9 Å². The first kappa shape index (κ1) is 15.9.